The molecule has 1 aromatic rings. The lowest BCUT2D eigenvalue weighted by atomic mass is 9.92. The summed E-state index contributed by atoms with van der Waals surface area (Å²) in [6.07, 6.45) is 9.19. The van der Waals surface area contributed by atoms with Crippen LogP contribution in [0.15, 0.2) is 6.07 Å². The van der Waals surface area contributed by atoms with Crippen LogP contribution in [-0.2, 0) is 4.79 Å². The molecule has 2 fully saturated rings. The number of piperidine rings is 1. The van der Waals surface area contributed by atoms with Crippen molar-refractivity contribution in [2.24, 2.45) is 0 Å². The zero-order valence-electron chi connectivity index (χ0n) is 15.7. The molecule has 8 nitrogen and oxygen atoms in total. The number of likely N-dealkylation sites (tertiary alicyclic amines) is 1. The maximum Gasteiger partial charge on any atom is 0.290 e. The fraction of sp³-hybridized carbons (Fsp3) is 0.722. The number of aromatic nitrogens is 2. The minimum absolute atomic E-state index is 0.250. The molecule has 26 heavy (non-hydrogen) atoms. The topological polar surface area (TPSA) is 96.8 Å². The molecule has 0 atom stereocenters. The van der Waals surface area contributed by atoms with E-state index >= 15 is 0 Å². The second-order valence-corrected chi connectivity index (χ2v) is 6.71. The van der Waals surface area contributed by atoms with E-state index in [1.807, 2.05) is 0 Å². The van der Waals surface area contributed by atoms with Gasteiger partial charge in [-0.15, -0.1) is 0 Å². The van der Waals surface area contributed by atoms with Gasteiger partial charge in [0.2, 0.25) is 17.7 Å². The Labute approximate surface area is 154 Å². The van der Waals surface area contributed by atoms with Crippen LogP contribution in [0.4, 0.5) is 5.95 Å². The summed E-state index contributed by atoms with van der Waals surface area (Å²) in [6, 6.07) is 1.70. The van der Waals surface area contributed by atoms with Gasteiger partial charge < -0.3 is 19.9 Å². The monoisotopic (exact) mass is 366 g/mol. The molecule has 0 aromatic carbocycles. The van der Waals surface area contributed by atoms with E-state index in [-0.39, 0.29) is 12.0 Å². The van der Waals surface area contributed by atoms with Crippen LogP contribution in [-0.4, -0.2) is 65.8 Å². The smallest absolute Gasteiger partial charge is 0.290 e. The Kier molecular flexibility index (Phi) is 7.90. The number of methoxy groups -OCH3 is 2. The van der Waals surface area contributed by atoms with E-state index in [2.05, 4.69) is 20.2 Å². The van der Waals surface area contributed by atoms with Gasteiger partial charge in [0.15, 0.2) is 0 Å². The highest BCUT2D eigenvalue weighted by molar-refractivity contribution is 5.34. The minimum atomic E-state index is -0.250. The van der Waals surface area contributed by atoms with Gasteiger partial charge in [0.05, 0.1) is 20.3 Å². The molecule has 1 saturated carbocycles. The van der Waals surface area contributed by atoms with Crippen LogP contribution in [0.3, 0.4) is 0 Å². The van der Waals surface area contributed by atoms with Crippen molar-refractivity contribution in [3.05, 3.63) is 6.07 Å². The third-order valence-electron chi connectivity index (χ3n) is 5.23. The lowest BCUT2D eigenvalue weighted by molar-refractivity contribution is -0.122. The fourth-order valence-electron chi connectivity index (χ4n) is 3.94. The molecule has 0 spiro atoms. The molecule has 8 heteroatoms. The normalized spacial score (nSPS) is 19.2. The van der Waals surface area contributed by atoms with E-state index in [4.69, 9.17) is 19.4 Å². The van der Waals surface area contributed by atoms with E-state index in [0.29, 0.717) is 17.7 Å². The Balaban J connectivity index is 0.000000758. The van der Waals surface area contributed by atoms with E-state index < -0.39 is 0 Å². The summed E-state index contributed by atoms with van der Waals surface area (Å²) in [5, 5.41) is 10.3. The number of anilines is 1. The lowest BCUT2D eigenvalue weighted by Crippen LogP contribution is -2.53. The van der Waals surface area contributed by atoms with Crippen LogP contribution in [0, 0.1) is 0 Å². The Morgan fingerprint density at radius 2 is 1.65 bits per heavy atom. The molecule has 2 heterocycles. The van der Waals surface area contributed by atoms with E-state index in [1.165, 1.54) is 58.0 Å². The molecule has 3 rings (SSSR count). The molecule has 2 N–H and O–H groups in total. The van der Waals surface area contributed by atoms with Crippen LogP contribution in [0.25, 0.3) is 0 Å². The van der Waals surface area contributed by atoms with Crippen molar-refractivity contribution in [2.45, 2.75) is 50.5 Å². The predicted octanol–water partition coefficient (Wildman–Crippen LogP) is 2.41. The predicted molar refractivity (Wildman–Crippen MR) is 98.9 cm³/mol. The van der Waals surface area contributed by atoms with Crippen molar-refractivity contribution in [3.8, 4) is 11.8 Å². The highest BCUT2D eigenvalue weighted by Crippen LogP contribution is 2.37. The summed E-state index contributed by atoms with van der Waals surface area (Å²) in [5.74, 6) is 1.64. The quantitative estimate of drug-likeness (QED) is 0.741. The highest BCUT2D eigenvalue weighted by Gasteiger charge is 2.39. The van der Waals surface area contributed by atoms with Gasteiger partial charge in [-0.1, -0.05) is 19.3 Å². The zero-order valence-corrected chi connectivity index (χ0v) is 15.7. The summed E-state index contributed by atoms with van der Waals surface area (Å²) in [4.78, 5) is 19.9. The number of carbonyl (C=O) groups is 1. The second-order valence-electron chi connectivity index (χ2n) is 6.71. The molecule has 0 unspecified atom stereocenters. The van der Waals surface area contributed by atoms with Crippen molar-refractivity contribution in [1.82, 2.24) is 14.9 Å². The summed E-state index contributed by atoms with van der Waals surface area (Å²) >= 11 is 0. The van der Waals surface area contributed by atoms with Gasteiger partial charge in [-0.2, -0.15) is 9.97 Å². The van der Waals surface area contributed by atoms with Crippen LogP contribution < -0.4 is 14.8 Å². The molecular weight excluding hydrogens is 336 g/mol. The van der Waals surface area contributed by atoms with Gasteiger partial charge in [0.25, 0.3) is 6.47 Å². The van der Waals surface area contributed by atoms with Gasteiger partial charge in [-0.3, -0.25) is 9.69 Å². The van der Waals surface area contributed by atoms with E-state index in [1.54, 1.807) is 20.3 Å². The maximum absolute atomic E-state index is 8.36. The average molecular weight is 366 g/mol. The van der Waals surface area contributed by atoms with Crippen molar-refractivity contribution >= 4 is 12.4 Å². The molecule has 1 saturated heterocycles. The summed E-state index contributed by atoms with van der Waals surface area (Å²) < 4.78 is 10.5. The number of ether oxygens (including phenoxy) is 2. The van der Waals surface area contributed by atoms with Crippen LogP contribution >= 0.6 is 0 Å². The molecule has 1 aliphatic heterocycles. The molecule has 1 aromatic heterocycles. The van der Waals surface area contributed by atoms with Gasteiger partial charge in [0.1, 0.15) is 0 Å². The van der Waals surface area contributed by atoms with Crippen LogP contribution in [0.1, 0.15) is 44.9 Å². The largest absolute Gasteiger partial charge is 0.483 e. The van der Waals surface area contributed by atoms with Crippen LogP contribution in [0.5, 0.6) is 11.8 Å². The SMILES string of the molecule is COc1cc(OC)nc(NCC2(N3CCCCC3)CCCC2)n1.O=CO. The summed E-state index contributed by atoms with van der Waals surface area (Å²) in [5.41, 5.74) is 0.264. The zero-order chi connectivity index (χ0) is 18.8. The number of carboxylic acid groups (broad SMARTS) is 1. The van der Waals surface area contributed by atoms with Gasteiger partial charge in [0, 0.05) is 12.1 Å². The Morgan fingerprint density at radius 3 is 2.15 bits per heavy atom. The molecular formula is C18H30N4O4. The third kappa shape index (κ3) is 5.20. The summed E-state index contributed by atoms with van der Waals surface area (Å²) in [6.45, 7) is 3.09. The second kappa shape index (κ2) is 10.2. The third-order valence-corrected chi connectivity index (χ3v) is 5.23. The number of nitrogens with one attached hydrogen (secondary N) is 1. The lowest BCUT2D eigenvalue weighted by Gasteiger charge is -2.43. The number of hydrogen-bond acceptors (Lipinski definition) is 7. The van der Waals surface area contributed by atoms with Gasteiger partial charge in [-0.05, 0) is 38.8 Å². The summed E-state index contributed by atoms with van der Waals surface area (Å²) in [7, 11) is 3.22. The van der Waals surface area contributed by atoms with Gasteiger partial charge in [-0.25, -0.2) is 0 Å². The van der Waals surface area contributed by atoms with Crippen molar-refractivity contribution < 1.29 is 19.4 Å². The molecule has 1 aliphatic carbocycles. The van der Waals surface area contributed by atoms with Crippen molar-refractivity contribution in [2.75, 3.05) is 39.2 Å². The Morgan fingerprint density at radius 1 is 1.12 bits per heavy atom. The number of rotatable bonds is 6. The van der Waals surface area contributed by atoms with Gasteiger partial charge >= 0.3 is 0 Å². The first-order chi connectivity index (χ1) is 12.7. The van der Waals surface area contributed by atoms with Crippen molar-refractivity contribution in [3.63, 3.8) is 0 Å². The molecule has 2 aliphatic rings. The first-order valence-electron chi connectivity index (χ1n) is 9.21. The molecule has 0 radical (unpaired) electrons. The minimum Gasteiger partial charge on any atom is -0.483 e. The van der Waals surface area contributed by atoms with E-state index in [0.717, 1.165) is 6.54 Å². The Bertz CT molecular complexity index is 536. The first kappa shape index (κ1) is 20.2. The van der Waals surface area contributed by atoms with E-state index in [9.17, 15) is 0 Å². The Hall–Kier alpha value is -2.09. The number of nitrogens with zero attached hydrogens (tertiary/aromatic N) is 3. The first-order valence-corrected chi connectivity index (χ1v) is 9.21. The molecule has 0 amide bonds. The highest BCUT2D eigenvalue weighted by atomic mass is 16.5. The molecule has 0 bridgehead atoms. The fourth-order valence-corrected chi connectivity index (χ4v) is 3.94. The number of hydrogen-bond donors (Lipinski definition) is 2. The molecule has 146 valence electrons. The van der Waals surface area contributed by atoms with Crippen molar-refractivity contribution in [1.29, 1.82) is 0 Å². The maximum atomic E-state index is 8.36. The standard InChI is InChI=1S/C17H28N4O2.CH2O2/c1-22-14-12-15(23-2)20-16(19-14)18-13-17(8-4-5-9-17)21-10-6-3-7-11-21;2-1-3/h12H,3-11,13H2,1-2H3,(H,18,19,20);1H,(H,2,3). The van der Waals surface area contributed by atoms with Crippen LogP contribution in [0.2, 0.25) is 0 Å². The average Bonchev–Trinajstić information content (AvgIpc) is 3.17.